The molecule has 0 heterocycles. The summed E-state index contributed by atoms with van der Waals surface area (Å²) >= 11 is 0. The molecule has 0 aromatic carbocycles. The first-order valence-electron chi connectivity index (χ1n) is 10.2. The molecule has 0 saturated heterocycles. The summed E-state index contributed by atoms with van der Waals surface area (Å²) in [5.41, 5.74) is -2.06. The molecule has 0 radical (unpaired) electrons. The minimum absolute atomic E-state index is 0.229. The fourth-order valence-corrected chi connectivity index (χ4v) is 2.52. The van der Waals surface area contributed by atoms with Crippen molar-refractivity contribution < 1.29 is 17.6 Å². The van der Waals surface area contributed by atoms with E-state index in [0.717, 1.165) is 0 Å². The van der Waals surface area contributed by atoms with Crippen molar-refractivity contribution >= 4 is 0 Å². The molecular formula is C23H44F4. The van der Waals surface area contributed by atoms with Crippen LogP contribution in [0.2, 0.25) is 0 Å². The van der Waals surface area contributed by atoms with Crippen molar-refractivity contribution in [2.24, 2.45) is 27.1 Å². The summed E-state index contributed by atoms with van der Waals surface area (Å²) in [4.78, 5) is 0. The van der Waals surface area contributed by atoms with Crippen molar-refractivity contribution in [3.63, 3.8) is 0 Å². The molecule has 2 fully saturated rings. The van der Waals surface area contributed by atoms with E-state index in [-0.39, 0.29) is 5.41 Å². The third-order valence-electron chi connectivity index (χ3n) is 7.32. The van der Waals surface area contributed by atoms with Crippen LogP contribution in [0.1, 0.15) is 109 Å². The Morgan fingerprint density at radius 1 is 0.556 bits per heavy atom. The van der Waals surface area contributed by atoms with Gasteiger partial charge in [0, 0.05) is 0 Å². The molecule has 0 atom stereocenters. The molecule has 0 spiro atoms. The van der Waals surface area contributed by atoms with Gasteiger partial charge < -0.3 is 0 Å². The van der Waals surface area contributed by atoms with Crippen LogP contribution >= 0.6 is 0 Å². The summed E-state index contributed by atoms with van der Waals surface area (Å²) in [5.74, 6) is 0. The average molecular weight is 397 g/mol. The molecule has 164 valence electrons. The van der Waals surface area contributed by atoms with Gasteiger partial charge in [-0.05, 0) is 61.2 Å². The molecular weight excluding hydrogens is 352 g/mol. The summed E-state index contributed by atoms with van der Waals surface area (Å²) in [6.07, 6.45) is -0.516. The highest BCUT2D eigenvalue weighted by atomic mass is 19.4. The van der Waals surface area contributed by atoms with Crippen molar-refractivity contribution in [2.75, 3.05) is 0 Å². The van der Waals surface area contributed by atoms with Gasteiger partial charge in [0.05, 0.1) is 5.41 Å². The standard InChI is InChI=1S/C8H13F3.C8H16.C7H15F/c1-6(2,3)7(4-5-7)8(9,10)11;1-7(2,3)8(4)5-6-8;1-6(2,3)7(4,5)8/h4-5H2,1-3H3;5-6H2,1-4H3;1-5H3. The van der Waals surface area contributed by atoms with Gasteiger partial charge in [0.25, 0.3) is 0 Å². The predicted molar refractivity (Wildman–Crippen MR) is 109 cm³/mol. The smallest absolute Gasteiger partial charge is 0.244 e. The number of hydrogen-bond donors (Lipinski definition) is 0. The lowest BCUT2D eigenvalue weighted by Crippen LogP contribution is -2.36. The Labute approximate surface area is 165 Å². The zero-order chi connectivity index (χ0) is 22.3. The SMILES string of the molecule is CC(C)(C)C(C)(C)F.CC(C)(C)C1(C(F)(F)F)CC1.CC(C)(C)C1(C)CC1. The maximum atomic E-state index is 12.9. The lowest BCUT2D eigenvalue weighted by atomic mass is 9.77. The van der Waals surface area contributed by atoms with Gasteiger partial charge in [-0.3, -0.25) is 0 Å². The zero-order valence-electron chi connectivity index (χ0n) is 19.8. The van der Waals surface area contributed by atoms with Crippen molar-refractivity contribution in [1.29, 1.82) is 0 Å². The van der Waals surface area contributed by atoms with E-state index < -0.39 is 22.7 Å². The number of hydrogen-bond acceptors (Lipinski definition) is 0. The average Bonchev–Trinajstić information content (AvgIpc) is 3.16. The molecule has 2 aliphatic carbocycles. The summed E-state index contributed by atoms with van der Waals surface area (Å²) < 4.78 is 50.1. The van der Waals surface area contributed by atoms with E-state index in [1.165, 1.54) is 12.8 Å². The second-order valence-corrected chi connectivity index (χ2v) is 12.4. The second-order valence-electron chi connectivity index (χ2n) is 12.4. The molecule has 2 saturated carbocycles. The molecule has 0 amide bonds. The largest absolute Gasteiger partial charge is 0.395 e. The second kappa shape index (κ2) is 7.52. The number of halogens is 4. The lowest BCUT2D eigenvalue weighted by molar-refractivity contribution is -0.215. The highest BCUT2D eigenvalue weighted by Crippen LogP contribution is 2.66. The van der Waals surface area contributed by atoms with Gasteiger partial charge in [0.1, 0.15) is 5.67 Å². The summed E-state index contributed by atoms with van der Waals surface area (Å²) in [7, 11) is 0. The van der Waals surface area contributed by atoms with Gasteiger partial charge in [0.15, 0.2) is 0 Å². The van der Waals surface area contributed by atoms with Crippen LogP contribution in [0.25, 0.3) is 0 Å². The van der Waals surface area contributed by atoms with Crippen LogP contribution in [0.3, 0.4) is 0 Å². The van der Waals surface area contributed by atoms with Crippen LogP contribution in [0.4, 0.5) is 17.6 Å². The Kier molecular flexibility index (Phi) is 7.44. The third-order valence-corrected chi connectivity index (χ3v) is 7.32. The molecule has 0 bridgehead atoms. The van der Waals surface area contributed by atoms with Crippen LogP contribution < -0.4 is 0 Å². The molecule has 0 aliphatic heterocycles. The topological polar surface area (TPSA) is 0 Å². The van der Waals surface area contributed by atoms with E-state index in [0.29, 0.717) is 23.7 Å². The van der Waals surface area contributed by atoms with E-state index in [9.17, 15) is 17.6 Å². The number of alkyl halides is 4. The molecule has 0 unspecified atom stereocenters. The summed E-state index contributed by atoms with van der Waals surface area (Å²) in [5, 5.41) is 0. The van der Waals surface area contributed by atoms with E-state index >= 15 is 0 Å². The molecule has 2 rings (SSSR count). The number of rotatable bonds is 0. The Bertz CT molecular complexity index is 416. The van der Waals surface area contributed by atoms with Crippen LogP contribution in [0.15, 0.2) is 0 Å². The predicted octanol–water partition coefficient (Wildman–Crippen LogP) is 8.99. The summed E-state index contributed by atoms with van der Waals surface area (Å²) in [6, 6.07) is 0. The van der Waals surface area contributed by atoms with Crippen LogP contribution in [0.5, 0.6) is 0 Å². The van der Waals surface area contributed by atoms with Crippen molar-refractivity contribution in [1.82, 2.24) is 0 Å². The van der Waals surface area contributed by atoms with E-state index in [4.69, 9.17) is 0 Å². The van der Waals surface area contributed by atoms with Gasteiger partial charge in [-0.25, -0.2) is 4.39 Å². The van der Waals surface area contributed by atoms with Crippen LogP contribution in [-0.2, 0) is 0 Å². The Balaban J connectivity index is 0.000000384. The summed E-state index contributed by atoms with van der Waals surface area (Å²) in [6.45, 7) is 23.3. The van der Waals surface area contributed by atoms with Crippen LogP contribution in [0, 0.1) is 27.1 Å². The van der Waals surface area contributed by atoms with Gasteiger partial charge in [0.2, 0.25) is 0 Å². The zero-order valence-corrected chi connectivity index (χ0v) is 19.8. The van der Waals surface area contributed by atoms with Gasteiger partial charge in [-0.2, -0.15) is 13.2 Å². The Hall–Kier alpha value is -0.280. The van der Waals surface area contributed by atoms with Gasteiger partial charge >= 0.3 is 6.18 Å². The molecule has 4 heteroatoms. The van der Waals surface area contributed by atoms with E-state index in [1.807, 2.05) is 20.8 Å². The minimum atomic E-state index is -4.01. The minimum Gasteiger partial charge on any atom is -0.244 e. The van der Waals surface area contributed by atoms with Gasteiger partial charge in [-0.1, -0.05) is 69.2 Å². The quantitative estimate of drug-likeness (QED) is 0.358. The molecule has 0 aromatic heterocycles. The third kappa shape index (κ3) is 6.92. The van der Waals surface area contributed by atoms with E-state index in [2.05, 4.69) is 27.7 Å². The molecule has 0 N–H and O–H groups in total. The highest BCUT2D eigenvalue weighted by Gasteiger charge is 2.68. The van der Waals surface area contributed by atoms with Crippen molar-refractivity contribution in [3.8, 4) is 0 Å². The molecule has 2 aliphatic rings. The first kappa shape index (κ1) is 26.7. The maximum Gasteiger partial charge on any atom is 0.395 e. The maximum absolute atomic E-state index is 12.9. The van der Waals surface area contributed by atoms with Crippen LogP contribution in [-0.4, -0.2) is 11.8 Å². The first-order chi connectivity index (χ1) is 11.4. The Morgan fingerprint density at radius 2 is 0.852 bits per heavy atom. The van der Waals surface area contributed by atoms with Crippen molar-refractivity contribution in [2.45, 2.75) is 121 Å². The fourth-order valence-electron chi connectivity index (χ4n) is 2.52. The lowest BCUT2D eigenvalue weighted by Gasteiger charge is -2.32. The fraction of sp³-hybridized carbons (Fsp3) is 1.00. The first-order valence-corrected chi connectivity index (χ1v) is 10.2. The van der Waals surface area contributed by atoms with Gasteiger partial charge in [-0.15, -0.1) is 0 Å². The van der Waals surface area contributed by atoms with E-state index in [1.54, 1.807) is 34.6 Å². The Morgan fingerprint density at radius 3 is 0.852 bits per heavy atom. The molecule has 0 nitrogen and oxygen atoms in total. The highest BCUT2D eigenvalue weighted by molar-refractivity contribution is 5.06. The molecule has 27 heavy (non-hydrogen) atoms. The normalized spacial score (nSPS) is 21.3. The molecule has 0 aromatic rings. The monoisotopic (exact) mass is 396 g/mol. The van der Waals surface area contributed by atoms with Crippen molar-refractivity contribution in [3.05, 3.63) is 0 Å².